The number of nitrogens with one attached hydrogen (secondary N) is 5. The lowest BCUT2D eigenvalue weighted by molar-refractivity contribution is -0.125. The van der Waals surface area contributed by atoms with Gasteiger partial charge in [0.15, 0.2) is 0 Å². The molecular formula is C15H15BrClN5O2. The number of aromatic amines is 1. The molecule has 2 aromatic rings. The van der Waals surface area contributed by atoms with Crippen molar-refractivity contribution in [3.05, 3.63) is 57.3 Å². The molecule has 1 aromatic heterocycles. The molecule has 2 unspecified atom stereocenters. The van der Waals surface area contributed by atoms with Gasteiger partial charge in [-0.2, -0.15) is 0 Å². The Morgan fingerprint density at radius 3 is 2.62 bits per heavy atom. The van der Waals surface area contributed by atoms with E-state index in [1.807, 2.05) is 12.1 Å². The van der Waals surface area contributed by atoms with Crippen LogP contribution in [-0.4, -0.2) is 23.3 Å². The summed E-state index contributed by atoms with van der Waals surface area (Å²) in [5, 5.41) is 0.634. The van der Waals surface area contributed by atoms with Gasteiger partial charge in [-0.05, 0) is 39.7 Å². The molecule has 24 heavy (non-hydrogen) atoms. The molecule has 1 fully saturated rings. The summed E-state index contributed by atoms with van der Waals surface area (Å²) in [5.74, 6) is -1.08. The number of carbonyl (C=O) groups is 2. The van der Waals surface area contributed by atoms with Crippen LogP contribution < -0.4 is 21.7 Å². The zero-order valence-corrected chi connectivity index (χ0v) is 14.7. The number of rotatable bonds is 3. The van der Waals surface area contributed by atoms with Crippen LogP contribution in [0, 0.1) is 5.92 Å². The molecule has 3 rings (SSSR count). The van der Waals surface area contributed by atoms with Gasteiger partial charge in [-0.25, -0.2) is 5.43 Å². The minimum Gasteiger partial charge on any atom is -0.356 e. The Bertz CT molecular complexity index is 749. The average molecular weight is 413 g/mol. The number of benzene rings is 1. The first-order valence-electron chi connectivity index (χ1n) is 7.22. The highest BCUT2D eigenvalue weighted by atomic mass is 79.9. The van der Waals surface area contributed by atoms with Crippen molar-refractivity contribution in [1.82, 2.24) is 26.7 Å². The molecule has 1 aromatic carbocycles. The molecule has 9 heteroatoms. The quantitative estimate of drug-likeness (QED) is 0.495. The molecule has 2 amide bonds. The number of carbonyl (C=O) groups excluding carboxylic acids is 2. The van der Waals surface area contributed by atoms with Crippen LogP contribution in [0.15, 0.2) is 41.0 Å². The second-order valence-corrected chi connectivity index (χ2v) is 6.69. The van der Waals surface area contributed by atoms with Crippen LogP contribution in [0.5, 0.6) is 0 Å². The largest absolute Gasteiger partial charge is 0.356 e. The second kappa shape index (κ2) is 7.35. The molecule has 0 spiro atoms. The van der Waals surface area contributed by atoms with Crippen LogP contribution in [0.1, 0.15) is 22.1 Å². The van der Waals surface area contributed by atoms with E-state index in [2.05, 4.69) is 42.6 Å². The number of amides is 2. The highest BCUT2D eigenvalue weighted by molar-refractivity contribution is 9.10. The fourth-order valence-electron chi connectivity index (χ4n) is 2.50. The van der Waals surface area contributed by atoms with E-state index in [4.69, 9.17) is 11.6 Å². The average Bonchev–Trinajstić information content (AvgIpc) is 3.22. The van der Waals surface area contributed by atoms with Gasteiger partial charge in [-0.3, -0.25) is 25.9 Å². The predicted molar refractivity (Wildman–Crippen MR) is 92.9 cm³/mol. The summed E-state index contributed by atoms with van der Waals surface area (Å²) in [7, 11) is 0. The van der Waals surface area contributed by atoms with Gasteiger partial charge >= 0.3 is 0 Å². The number of hydrazine groups is 2. The summed E-state index contributed by atoms with van der Waals surface area (Å²) in [6.45, 7) is 0.447. The van der Waals surface area contributed by atoms with Crippen LogP contribution in [-0.2, 0) is 4.79 Å². The van der Waals surface area contributed by atoms with Crippen molar-refractivity contribution in [3.8, 4) is 0 Å². The Balaban J connectivity index is 1.61. The van der Waals surface area contributed by atoms with Gasteiger partial charge in [0.1, 0.15) is 5.69 Å². The van der Waals surface area contributed by atoms with E-state index in [9.17, 15) is 9.59 Å². The van der Waals surface area contributed by atoms with Gasteiger partial charge < -0.3 is 4.98 Å². The maximum absolute atomic E-state index is 12.4. The summed E-state index contributed by atoms with van der Waals surface area (Å²) < 4.78 is 0.756. The topological polar surface area (TPSA) is 98.1 Å². The van der Waals surface area contributed by atoms with E-state index in [1.54, 1.807) is 24.4 Å². The number of H-pyrrole nitrogens is 1. The zero-order chi connectivity index (χ0) is 17.1. The third-order valence-electron chi connectivity index (χ3n) is 3.74. The third-order valence-corrected chi connectivity index (χ3v) is 4.45. The standard InChI is InChI=1S/C15H15BrClN5O2/c16-9-5-12(18-6-9)15(24)22-21-14(23)11-7-19-20-13(11)8-1-3-10(17)4-2-8/h1-6,11,13,18-20H,7H2,(H,21,23)(H,22,24). The molecule has 7 nitrogen and oxygen atoms in total. The van der Waals surface area contributed by atoms with E-state index in [0.29, 0.717) is 17.3 Å². The van der Waals surface area contributed by atoms with Crippen LogP contribution in [0.4, 0.5) is 0 Å². The molecule has 5 N–H and O–H groups in total. The van der Waals surface area contributed by atoms with Crippen molar-refractivity contribution < 1.29 is 9.59 Å². The summed E-state index contributed by atoms with van der Waals surface area (Å²) in [6, 6.07) is 8.69. The SMILES string of the molecule is O=C(NNC(=O)C1CNNC1c1ccc(Cl)cc1)c1cc(Br)c[nH]1. The molecule has 2 atom stereocenters. The maximum atomic E-state index is 12.4. The maximum Gasteiger partial charge on any atom is 0.286 e. The zero-order valence-electron chi connectivity index (χ0n) is 12.4. The molecule has 126 valence electrons. The number of aromatic nitrogens is 1. The fourth-order valence-corrected chi connectivity index (χ4v) is 2.97. The van der Waals surface area contributed by atoms with Crippen molar-refractivity contribution in [2.24, 2.45) is 5.92 Å². The van der Waals surface area contributed by atoms with Crippen molar-refractivity contribution in [2.75, 3.05) is 6.54 Å². The Morgan fingerprint density at radius 1 is 1.21 bits per heavy atom. The van der Waals surface area contributed by atoms with Crippen molar-refractivity contribution in [2.45, 2.75) is 6.04 Å². The summed E-state index contributed by atoms with van der Waals surface area (Å²) in [6.07, 6.45) is 1.64. The number of hydrogen-bond donors (Lipinski definition) is 5. The van der Waals surface area contributed by atoms with Gasteiger partial charge in [-0.15, -0.1) is 0 Å². The summed E-state index contributed by atoms with van der Waals surface area (Å²) in [4.78, 5) is 27.1. The van der Waals surface area contributed by atoms with Crippen LogP contribution in [0.25, 0.3) is 0 Å². The molecular weight excluding hydrogens is 398 g/mol. The predicted octanol–water partition coefficient (Wildman–Crippen LogP) is 1.66. The van der Waals surface area contributed by atoms with Gasteiger partial charge in [0.25, 0.3) is 5.91 Å². The van der Waals surface area contributed by atoms with Gasteiger partial charge in [0, 0.05) is 22.2 Å². The molecule has 2 heterocycles. The lowest BCUT2D eigenvalue weighted by Crippen LogP contribution is -2.46. The van der Waals surface area contributed by atoms with Gasteiger partial charge in [-0.1, -0.05) is 23.7 Å². The molecule has 0 bridgehead atoms. The molecule has 0 saturated carbocycles. The van der Waals surface area contributed by atoms with Crippen LogP contribution >= 0.6 is 27.5 Å². The lowest BCUT2D eigenvalue weighted by atomic mass is 9.94. The second-order valence-electron chi connectivity index (χ2n) is 5.34. The normalized spacial score (nSPS) is 19.9. The molecule has 1 aliphatic heterocycles. The van der Waals surface area contributed by atoms with Crippen molar-refractivity contribution in [3.63, 3.8) is 0 Å². The van der Waals surface area contributed by atoms with Gasteiger partial charge in [0.2, 0.25) is 5.91 Å². The Hall–Kier alpha value is -1.87. The first-order chi connectivity index (χ1) is 11.5. The number of hydrogen-bond acceptors (Lipinski definition) is 4. The van der Waals surface area contributed by atoms with E-state index >= 15 is 0 Å². The van der Waals surface area contributed by atoms with Crippen molar-refractivity contribution >= 4 is 39.3 Å². The third kappa shape index (κ3) is 3.78. The smallest absolute Gasteiger partial charge is 0.286 e. The minimum absolute atomic E-state index is 0.209. The van der Waals surface area contributed by atoms with E-state index in [0.717, 1.165) is 10.0 Å². The highest BCUT2D eigenvalue weighted by Crippen LogP contribution is 2.26. The Kier molecular flexibility index (Phi) is 5.20. The highest BCUT2D eigenvalue weighted by Gasteiger charge is 2.34. The summed E-state index contributed by atoms with van der Waals surface area (Å²) in [5.41, 5.74) is 12.2. The molecule has 0 radical (unpaired) electrons. The first kappa shape index (κ1) is 17.0. The van der Waals surface area contributed by atoms with E-state index in [-0.39, 0.29) is 17.9 Å². The monoisotopic (exact) mass is 411 g/mol. The molecule has 0 aliphatic carbocycles. The van der Waals surface area contributed by atoms with Gasteiger partial charge in [0.05, 0.1) is 12.0 Å². The lowest BCUT2D eigenvalue weighted by Gasteiger charge is -2.18. The van der Waals surface area contributed by atoms with E-state index < -0.39 is 5.91 Å². The molecule has 1 saturated heterocycles. The fraction of sp³-hybridized carbons (Fsp3) is 0.200. The first-order valence-corrected chi connectivity index (χ1v) is 8.39. The van der Waals surface area contributed by atoms with Crippen LogP contribution in [0.2, 0.25) is 5.02 Å². The summed E-state index contributed by atoms with van der Waals surface area (Å²) >= 11 is 9.14. The Morgan fingerprint density at radius 2 is 1.96 bits per heavy atom. The Labute approximate surface area is 151 Å². The number of halogens is 2. The minimum atomic E-state index is -0.420. The van der Waals surface area contributed by atoms with Crippen molar-refractivity contribution in [1.29, 1.82) is 0 Å². The molecule has 1 aliphatic rings. The van der Waals surface area contributed by atoms with E-state index in [1.165, 1.54) is 0 Å². The van der Waals surface area contributed by atoms with Crippen LogP contribution in [0.3, 0.4) is 0 Å².